The average Bonchev–Trinajstić information content (AvgIpc) is 3.14. The van der Waals surface area contributed by atoms with Gasteiger partial charge in [0.25, 0.3) is 5.91 Å². The number of amides is 2. The molecule has 8 heteroatoms. The van der Waals surface area contributed by atoms with E-state index in [2.05, 4.69) is 10.3 Å². The molecule has 0 bridgehead atoms. The maximum Gasteiger partial charge on any atom is 0.286 e. The van der Waals surface area contributed by atoms with Gasteiger partial charge < -0.3 is 19.6 Å². The number of nitrogens with one attached hydrogen (secondary N) is 1. The largest absolute Gasteiger partial charge is 0.545 e. The van der Waals surface area contributed by atoms with E-state index >= 15 is 0 Å². The lowest BCUT2D eigenvalue weighted by molar-refractivity contribution is -0.255. The number of carbonyl (C=O) groups is 3. The Balaban J connectivity index is 1.85. The van der Waals surface area contributed by atoms with Crippen molar-refractivity contribution in [2.24, 2.45) is 4.99 Å². The molecule has 0 radical (unpaired) electrons. The first-order chi connectivity index (χ1) is 11.9. The first-order valence-corrected chi connectivity index (χ1v) is 7.96. The number of aliphatic imine (C=N–C) groups is 1. The summed E-state index contributed by atoms with van der Waals surface area (Å²) in [7, 11) is 0. The Kier molecular flexibility index (Phi) is 4.53. The summed E-state index contributed by atoms with van der Waals surface area (Å²) >= 11 is 1.02. The van der Waals surface area contributed by atoms with Crippen molar-refractivity contribution in [1.29, 1.82) is 0 Å². The van der Waals surface area contributed by atoms with E-state index in [1.165, 1.54) is 19.1 Å². The number of furan rings is 1. The summed E-state index contributed by atoms with van der Waals surface area (Å²) in [6.07, 6.45) is 1.48. The number of carboxylic acids is 1. The number of carboxylic acid groups (broad SMARTS) is 1. The molecule has 2 aromatic rings. The monoisotopic (exact) mass is 355 g/mol. The van der Waals surface area contributed by atoms with E-state index in [0.29, 0.717) is 17.1 Å². The van der Waals surface area contributed by atoms with Crippen LogP contribution in [0.2, 0.25) is 0 Å². The maximum atomic E-state index is 11.8. The third-order valence-corrected chi connectivity index (χ3v) is 4.12. The number of thioether (sulfide) groups is 1. The summed E-state index contributed by atoms with van der Waals surface area (Å²) in [5.41, 5.74) is 0.395. The molecule has 0 saturated carbocycles. The summed E-state index contributed by atoms with van der Waals surface area (Å²) in [4.78, 5) is 38.0. The van der Waals surface area contributed by atoms with E-state index in [1.54, 1.807) is 30.3 Å². The van der Waals surface area contributed by atoms with Crippen LogP contribution in [0.15, 0.2) is 50.7 Å². The Morgan fingerprint density at radius 2 is 2.00 bits per heavy atom. The van der Waals surface area contributed by atoms with Gasteiger partial charge in [-0.3, -0.25) is 9.59 Å². The van der Waals surface area contributed by atoms with E-state index < -0.39 is 11.9 Å². The van der Waals surface area contributed by atoms with E-state index in [-0.39, 0.29) is 21.5 Å². The number of benzene rings is 1. The average molecular weight is 355 g/mol. The molecule has 0 atom stereocenters. The van der Waals surface area contributed by atoms with E-state index in [4.69, 9.17) is 4.42 Å². The van der Waals surface area contributed by atoms with Crippen molar-refractivity contribution in [2.45, 2.75) is 6.92 Å². The molecular formula is C17H11N2O5S-. The summed E-state index contributed by atoms with van der Waals surface area (Å²) in [6, 6.07) is 9.53. The Labute approximate surface area is 146 Å². The highest BCUT2D eigenvalue weighted by Crippen LogP contribution is 2.30. The van der Waals surface area contributed by atoms with Crippen LogP contribution in [0.4, 0.5) is 0 Å². The van der Waals surface area contributed by atoms with Crippen LogP contribution < -0.4 is 10.4 Å². The summed E-state index contributed by atoms with van der Waals surface area (Å²) in [5.74, 6) is -1.41. The van der Waals surface area contributed by atoms with Crippen molar-refractivity contribution in [3.63, 3.8) is 0 Å². The van der Waals surface area contributed by atoms with Gasteiger partial charge in [-0.15, -0.1) is 0 Å². The Hall–Kier alpha value is -3.13. The predicted octanol–water partition coefficient (Wildman–Crippen LogP) is 1.42. The summed E-state index contributed by atoms with van der Waals surface area (Å²) in [6.45, 7) is 1.32. The molecule has 0 fully saturated rings. The van der Waals surface area contributed by atoms with Crippen LogP contribution in [-0.2, 0) is 9.59 Å². The van der Waals surface area contributed by atoms with Gasteiger partial charge in [0.15, 0.2) is 5.17 Å². The van der Waals surface area contributed by atoms with Crippen LogP contribution in [0.5, 0.6) is 0 Å². The molecular weight excluding hydrogens is 344 g/mol. The van der Waals surface area contributed by atoms with Crippen LogP contribution in [0.3, 0.4) is 0 Å². The van der Waals surface area contributed by atoms with E-state index in [0.717, 1.165) is 11.8 Å². The predicted molar refractivity (Wildman–Crippen MR) is 90.3 cm³/mol. The first-order valence-electron chi connectivity index (χ1n) is 7.15. The molecule has 1 N–H and O–H groups in total. The first kappa shape index (κ1) is 16.7. The van der Waals surface area contributed by atoms with Crippen LogP contribution in [0, 0.1) is 0 Å². The standard InChI is InChI=1S/C17H12N2O5S/c1-9(20)18-17-19-15(21)14(25-17)8-10-6-7-13(24-10)11-4-2-3-5-12(11)16(22)23/h2-8H,1H3,(H,22,23)(H,18,19,20,21)/p-1/b14-8-. The minimum atomic E-state index is -1.30. The molecule has 25 heavy (non-hydrogen) atoms. The minimum Gasteiger partial charge on any atom is -0.545 e. The molecule has 3 rings (SSSR count). The quantitative estimate of drug-likeness (QED) is 0.833. The molecule has 1 aromatic carbocycles. The Bertz CT molecular complexity index is 942. The van der Waals surface area contributed by atoms with Crippen LogP contribution in [0.25, 0.3) is 17.4 Å². The fourth-order valence-electron chi connectivity index (χ4n) is 2.19. The van der Waals surface area contributed by atoms with Crippen LogP contribution in [0.1, 0.15) is 23.0 Å². The molecule has 0 unspecified atom stereocenters. The van der Waals surface area contributed by atoms with Gasteiger partial charge in [0.05, 0.1) is 10.9 Å². The third kappa shape index (κ3) is 3.69. The van der Waals surface area contributed by atoms with Gasteiger partial charge in [-0.2, -0.15) is 4.99 Å². The molecule has 2 amide bonds. The van der Waals surface area contributed by atoms with Crippen LogP contribution >= 0.6 is 11.8 Å². The molecule has 0 saturated heterocycles. The smallest absolute Gasteiger partial charge is 0.286 e. The second-order valence-electron chi connectivity index (χ2n) is 5.05. The maximum absolute atomic E-state index is 11.8. The van der Waals surface area contributed by atoms with Crippen molar-refractivity contribution in [3.8, 4) is 11.3 Å². The number of aromatic carboxylic acids is 1. The molecule has 0 aliphatic carbocycles. The zero-order valence-corrected chi connectivity index (χ0v) is 13.8. The number of nitrogens with zero attached hydrogens (tertiary/aromatic N) is 1. The molecule has 2 heterocycles. The SMILES string of the molecule is CC(=O)NC1=NC(=O)/C(=C/c2ccc(-c3ccccc3C(=O)[O-])o2)S1. The molecule has 1 aliphatic rings. The second kappa shape index (κ2) is 6.78. The van der Waals surface area contributed by atoms with E-state index in [1.807, 2.05) is 0 Å². The van der Waals surface area contributed by atoms with Crippen molar-refractivity contribution in [1.82, 2.24) is 5.32 Å². The van der Waals surface area contributed by atoms with Gasteiger partial charge in [-0.25, -0.2) is 0 Å². The minimum absolute atomic E-state index is 0.0126. The second-order valence-corrected chi connectivity index (χ2v) is 6.08. The van der Waals surface area contributed by atoms with Crippen molar-refractivity contribution in [2.75, 3.05) is 0 Å². The summed E-state index contributed by atoms with van der Waals surface area (Å²) in [5, 5.41) is 13.8. The lowest BCUT2D eigenvalue weighted by Crippen LogP contribution is -2.23. The van der Waals surface area contributed by atoms with Gasteiger partial charge >= 0.3 is 0 Å². The topological polar surface area (TPSA) is 112 Å². The van der Waals surface area contributed by atoms with Crippen molar-refractivity contribution in [3.05, 3.63) is 52.6 Å². The third-order valence-electron chi connectivity index (χ3n) is 3.22. The Morgan fingerprint density at radius 1 is 1.24 bits per heavy atom. The highest BCUT2D eigenvalue weighted by molar-refractivity contribution is 8.18. The summed E-state index contributed by atoms with van der Waals surface area (Å²) < 4.78 is 5.62. The molecule has 126 valence electrons. The van der Waals surface area contributed by atoms with Gasteiger partial charge in [0, 0.05) is 24.1 Å². The lowest BCUT2D eigenvalue weighted by Gasteiger charge is -2.07. The highest BCUT2D eigenvalue weighted by atomic mass is 32.2. The number of hydrogen-bond acceptors (Lipinski definition) is 6. The highest BCUT2D eigenvalue weighted by Gasteiger charge is 2.23. The van der Waals surface area contributed by atoms with Crippen LogP contribution in [-0.4, -0.2) is 23.0 Å². The lowest BCUT2D eigenvalue weighted by atomic mass is 10.1. The fourth-order valence-corrected chi connectivity index (χ4v) is 3.03. The zero-order chi connectivity index (χ0) is 18.0. The number of rotatable bonds is 3. The van der Waals surface area contributed by atoms with Gasteiger partial charge in [0.1, 0.15) is 11.5 Å². The molecule has 7 nitrogen and oxygen atoms in total. The van der Waals surface area contributed by atoms with E-state index in [9.17, 15) is 19.5 Å². The molecule has 1 aliphatic heterocycles. The molecule has 0 spiro atoms. The number of carbonyl (C=O) groups excluding carboxylic acids is 3. The van der Waals surface area contributed by atoms with Crippen molar-refractivity contribution < 1.29 is 23.9 Å². The van der Waals surface area contributed by atoms with Crippen molar-refractivity contribution >= 4 is 40.8 Å². The Morgan fingerprint density at radius 3 is 2.72 bits per heavy atom. The normalized spacial score (nSPS) is 15.3. The number of hydrogen-bond donors (Lipinski definition) is 1. The zero-order valence-electron chi connectivity index (χ0n) is 12.9. The number of amidine groups is 1. The van der Waals surface area contributed by atoms with Gasteiger partial charge in [-0.1, -0.05) is 24.3 Å². The fraction of sp³-hybridized carbons (Fsp3) is 0.0588. The molecule has 1 aromatic heterocycles. The van der Waals surface area contributed by atoms with Gasteiger partial charge in [-0.05, 0) is 23.9 Å². The van der Waals surface area contributed by atoms with Gasteiger partial charge in [0.2, 0.25) is 5.91 Å².